The number of hydrogen-bond acceptors (Lipinski definition) is 3. The molecule has 0 radical (unpaired) electrons. The molecular weight excluding hydrogens is 206 g/mol. The molecule has 1 amide bonds. The van der Waals surface area contributed by atoms with Gasteiger partial charge in [-0.3, -0.25) is 4.79 Å². The topological polar surface area (TPSA) is 55.4 Å². The van der Waals surface area contributed by atoms with Gasteiger partial charge in [0.25, 0.3) is 0 Å². The van der Waals surface area contributed by atoms with Crippen LogP contribution in [0.15, 0.2) is 0 Å². The van der Waals surface area contributed by atoms with E-state index in [-0.39, 0.29) is 18.1 Å². The third-order valence-corrected chi connectivity index (χ3v) is 3.32. The van der Waals surface area contributed by atoms with Crippen LogP contribution in [-0.4, -0.2) is 23.5 Å². The second kappa shape index (κ2) is 3.75. The molecule has 0 unspecified atom stereocenters. The van der Waals surface area contributed by atoms with E-state index in [4.69, 9.17) is 4.74 Å². The first-order valence-electron chi connectivity index (χ1n) is 5.87. The molecule has 2 aliphatic rings. The number of ether oxygens (including phenoxy) is 1. The Morgan fingerprint density at radius 1 is 1.38 bits per heavy atom. The lowest BCUT2D eigenvalue weighted by Gasteiger charge is -2.25. The van der Waals surface area contributed by atoms with Crippen LogP contribution in [0.2, 0.25) is 0 Å². The first kappa shape index (κ1) is 11.4. The molecule has 3 atom stereocenters. The van der Waals surface area contributed by atoms with Gasteiger partial charge in [0.2, 0.25) is 0 Å². The minimum Gasteiger partial charge on any atom is -0.444 e. The normalized spacial score (nSPS) is 32.9. The highest BCUT2D eigenvalue weighted by molar-refractivity contribution is 5.85. The van der Waals surface area contributed by atoms with Crippen molar-refractivity contribution in [2.75, 3.05) is 0 Å². The van der Waals surface area contributed by atoms with E-state index in [9.17, 15) is 9.59 Å². The Balaban J connectivity index is 1.84. The van der Waals surface area contributed by atoms with Crippen LogP contribution >= 0.6 is 0 Å². The van der Waals surface area contributed by atoms with Crippen molar-refractivity contribution in [3.8, 4) is 0 Å². The number of rotatable bonds is 1. The van der Waals surface area contributed by atoms with Gasteiger partial charge in [0.1, 0.15) is 11.4 Å². The molecule has 1 N–H and O–H groups in total. The number of alkyl carbamates (subject to hydrolysis) is 1. The Morgan fingerprint density at radius 2 is 2.06 bits per heavy atom. The predicted octanol–water partition coefficient (Wildman–Crippen LogP) is 1.88. The number of nitrogens with one attached hydrogen (secondary N) is 1. The first-order valence-corrected chi connectivity index (χ1v) is 5.87. The smallest absolute Gasteiger partial charge is 0.407 e. The average Bonchev–Trinajstić information content (AvgIpc) is 2.58. The number of carbonyl (C=O) groups is 2. The molecule has 2 rings (SSSR count). The SMILES string of the molecule is CC(C)(C)OC(=O)N[C@H]1C[C@@H]2C[C@H]1CC2=O. The minimum atomic E-state index is -0.461. The summed E-state index contributed by atoms with van der Waals surface area (Å²) in [6.07, 6.45) is 2.00. The van der Waals surface area contributed by atoms with Crippen molar-refractivity contribution in [2.45, 2.75) is 51.7 Å². The van der Waals surface area contributed by atoms with Crippen molar-refractivity contribution in [2.24, 2.45) is 11.8 Å². The van der Waals surface area contributed by atoms with Crippen LogP contribution in [0.4, 0.5) is 4.79 Å². The summed E-state index contributed by atoms with van der Waals surface area (Å²) in [5, 5.41) is 2.87. The highest BCUT2D eigenvalue weighted by Crippen LogP contribution is 2.42. The van der Waals surface area contributed by atoms with Crippen LogP contribution in [-0.2, 0) is 9.53 Å². The minimum absolute atomic E-state index is 0.137. The van der Waals surface area contributed by atoms with Gasteiger partial charge in [-0.05, 0) is 39.5 Å². The molecule has 90 valence electrons. The van der Waals surface area contributed by atoms with Crippen LogP contribution < -0.4 is 5.32 Å². The lowest BCUT2D eigenvalue weighted by Crippen LogP contribution is -2.42. The van der Waals surface area contributed by atoms with Gasteiger partial charge >= 0.3 is 6.09 Å². The Bertz CT molecular complexity index is 319. The molecule has 0 heterocycles. The molecular formula is C12H19NO3. The maximum atomic E-state index is 11.6. The number of amides is 1. The molecule has 2 bridgehead atoms. The molecule has 4 heteroatoms. The van der Waals surface area contributed by atoms with Gasteiger partial charge in [-0.15, -0.1) is 0 Å². The van der Waals surface area contributed by atoms with Gasteiger partial charge in [-0.25, -0.2) is 4.79 Å². The van der Waals surface area contributed by atoms with Crippen molar-refractivity contribution >= 4 is 11.9 Å². The fourth-order valence-electron chi connectivity index (χ4n) is 2.67. The Labute approximate surface area is 95.7 Å². The summed E-state index contributed by atoms with van der Waals surface area (Å²) in [7, 11) is 0. The predicted molar refractivity (Wildman–Crippen MR) is 59.0 cm³/mol. The molecule has 0 aromatic carbocycles. The molecule has 0 spiro atoms. The molecule has 0 aromatic rings. The number of ketones is 1. The van der Waals surface area contributed by atoms with Gasteiger partial charge in [-0.2, -0.15) is 0 Å². The third kappa shape index (κ3) is 2.36. The van der Waals surface area contributed by atoms with Crippen LogP contribution in [0.1, 0.15) is 40.0 Å². The number of fused-ring (bicyclic) bond motifs is 2. The van der Waals surface area contributed by atoms with Crippen LogP contribution in [0.3, 0.4) is 0 Å². The van der Waals surface area contributed by atoms with Crippen molar-refractivity contribution in [1.82, 2.24) is 5.32 Å². The van der Waals surface area contributed by atoms with Crippen LogP contribution in [0.25, 0.3) is 0 Å². The quantitative estimate of drug-likeness (QED) is 0.741. The zero-order valence-electron chi connectivity index (χ0n) is 10.1. The van der Waals surface area contributed by atoms with E-state index in [1.807, 2.05) is 20.8 Å². The number of hydrogen-bond donors (Lipinski definition) is 1. The lowest BCUT2D eigenvalue weighted by atomic mass is 9.94. The first-order chi connectivity index (χ1) is 7.35. The second-order valence-corrected chi connectivity index (χ2v) is 5.85. The molecule has 2 fully saturated rings. The summed E-state index contributed by atoms with van der Waals surface area (Å²) in [6.45, 7) is 5.53. The average molecular weight is 225 g/mol. The van der Waals surface area contributed by atoms with E-state index in [0.717, 1.165) is 12.8 Å². The molecule has 2 aliphatic carbocycles. The number of carbonyl (C=O) groups excluding carboxylic acids is 2. The summed E-state index contributed by atoms with van der Waals surface area (Å²) in [6, 6.07) is 0.137. The fraction of sp³-hybridized carbons (Fsp3) is 0.833. The molecule has 0 aliphatic heterocycles. The highest BCUT2D eigenvalue weighted by Gasteiger charge is 2.45. The molecule has 4 nitrogen and oxygen atoms in total. The van der Waals surface area contributed by atoms with E-state index >= 15 is 0 Å². The second-order valence-electron chi connectivity index (χ2n) is 5.85. The van der Waals surface area contributed by atoms with Gasteiger partial charge in [0.15, 0.2) is 0 Å². The van der Waals surface area contributed by atoms with Crippen molar-refractivity contribution in [1.29, 1.82) is 0 Å². The van der Waals surface area contributed by atoms with Crippen molar-refractivity contribution in [3.63, 3.8) is 0 Å². The van der Waals surface area contributed by atoms with Crippen molar-refractivity contribution < 1.29 is 14.3 Å². The summed E-state index contributed by atoms with van der Waals surface area (Å²) >= 11 is 0. The van der Waals surface area contributed by atoms with Gasteiger partial charge in [0, 0.05) is 18.4 Å². The summed E-state index contributed by atoms with van der Waals surface area (Å²) in [5.41, 5.74) is -0.461. The van der Waals surface area contributed by atoms with E-state index in [2.05, 4.69) is 5.32 Å². The summed E-state index contributed by atoms with van der Waals surface area (Å²) in [5.74, 6) is 0.891. The Morgan fingerprint density at radius 3 is 2.50 bits per heavy atom. The number of Topliss-reactive ketones (excluding diaryl/α,β-unsaturated/α-hetero) is 1. The molecule has 0 saturated heterocycles. The van der Waals surface area contributed by atoms with Gasteiger partial charge in [-0.1, -0.05) is 0 Å². The van der Waals surface area contributed by atoms with E-state index in [1.54, 1.807) is 0 Å². The molecule has 16 heavy (non-hydrogen) atoms. The van der Waals surface area contributed by atoms with E-state index < -0.39 is 5.60 Å². The van der Waals surface area contributed by atoms with E-state index in [0.29, 0.717) is 18.1 Å². The van der Waals surface area contributed by atoms with Gasteiger partial charge < -0.3 is 10.1 Å². The highest BCUT2D eigenvalue weighted by atomic mass is 16.6. The fourth-order valence-corrected chi connectivity index (χ4v) is 2.67. The third-order valence-electron chi connectivity index (χ3n) is 3.32. The summed E-state index contributed by atoms with van der Waals surface area (Å²) < 4.78 is 5.20. The molecule has 2 saturated carbocycles. The Hall–Kier alpha value is -1.06. The Kier molecular flexibility index (Phi) is 2.68. The summed E-state index contributed by atoms with van der Waals surface area (Å²) in [4.78, 5) is 22.9. The monoisotopic (exact) mass is 225 g/mol. The maximum Gasteiger partial charge on any atom is 0.407 e. The maximum absolute atomic E-state index is 11.6. The largest absolute Gasteiger partial charge is 0.444 e. The zero-order valence-corrected chi connectivity index (χ0v) is 10.1. The zero-order chi connectivity index (χ0) is 11.9. The van der Waals surface area contributed by atoms with E-state index in [1.165, 1.54) is 0 Å². The standard InChI is InChI=1S/C12H19NO3/c1-12(2,3)16-11(15)13-9-5-8-4-7(9)6-10(8)14/h7-9H,4-6H2,1-3H3,(H,13,15)/t7-,8-,9-/m0/s1. The van der Waals surface area contributed by atoms with Crippen LogP contribution in [0.5, 0.6) is 0 Å². The lowest BCUT2D eigenvalue weighted by molar-refractivity contribution is -0.122. The van der Waals surface area contributed by atoms with Crippen molar-refractivity contribution in [3.05, 3.63) is 0 Å². The molecule has 0 aromatic heterocycles. The van der Waals surface area contributed by atoms with Gasteiger partial charge in [0.05, 0.1) is 0 Å². The van der Waals surface area contributed by atoms with Crippen LogP contribution in [0, 0.1) is 11.8 Å².